The van der Waals surface area contributed by atoms with Gasteiger partial charge in [0, 0.05) is 51.1 Å². The number of nitrogens with zero attached hydrogens (tertiary/aromatic N) is 3. The molecule has 0 radical (unpaired) electrons. The lowest BCUT2D eigenvalue weighted by Crippen LogP contribution is -2.46. The van der Waals surface area contributed by atoms with Gasteiger partial charge in [-0.3, -0.25) is 19.4 Å². The van der Waals surface area contributed by atoms with E-state index < -0.39 is 5.41 Å². The van der Waals surface area contributed by atoms with E-state index in [2.05, 4.69) is 16.2 Å². The van der Waals surface area contributed by atoms with Crippen LogP contribution >= 0.6 is 0 Å². The molecule has 2 aliphatic rings. The maximum Gasteiger partial charge on any atom is 0.229 e. The lowest BCUT2D eigenvalue weighted by Gasteiger charge is -2.29. The van der Waals surface area contributed by atoms with E-state index in [0.717, 1.165) is 16.7 Å². The van der Waals surface area contributed by atoms with Crippen LogP contribution in [0.5, 0.6) is 0 Å². The van der Waals surface area contributed by atoms with Crippen molar-refractivity contribution in [2.24, 2.45) is 11.3 Å². The van der Waals surface area contributed by atoms with E-state index in [1.807, 2.05) is 42.6 Å². The Bertz CT molecular complexity index is 1090. The molecule has 0 unspecified atom stereocenters. The molecule has 0 aliphatic carbocycles. The first kappa shape index (κ1) is 22.5. The van der Waals surface area contributed by atoms with Crippen molar-refractivity contribution >= 4 is 17.7 Å². The number of amides is 3. The number of benzene rings is 1. The molecule has 0 spiro atoms. The topological polar surface area (TPSA) is 82.6 Å². The zero-order valence-electron chi connectivity index (χ0n) is 18.8. The summed E-state index contributed by atoms with van der Waals surface area (Å²) in [6, 6.07) is 11.9. The third kappa shape index (κ3) is 4.61. The van der Waals surface area contributed by atoms with Gasteiger partial charge < -0.3 is 15.1 Å². The van der Waals surface area contributed by atoms with Gasteiger partial charge in [-0.2, -0.15) is 0 Å². The molecule has 0 saturated carbocycles. The normalized spacial score (nSPS) is 22.3. The Kier molecular flexibility index (Phi) is 6.45. The zero-order valence-corrected chi connectivity index (χ0v) is 18.8. The van der Waals surface area contributed by atoms with Crippen molar-refractivity contribution in [3.8, 4) is 23.5 Å². The summed E-state index contributed by atoms with van der Waals surface area (Å²) in [7, 11) is 1.71. The van der Waals surface area contributed by atoms with Crippen molar-refractivity contribution in [3.63, 3.8) is 0 Å². The average Bonchev–Trinajstić information content (AvgIpc) is 3.42. The summed E-state index contributed by atoms with van der Waals surface area (Å²) in [6.45, 7) is 1.35. The minimum Gasteiger partial charge on any atom is -0.345 e. The number of hydrogen-bond acceptors (Lipinski definition) is 4. The first-order valence-electron chi connectivity index (χ1n) is 11.2. The van der Waals surface area contributed by atoms with Crippen LogP contribution in [0.4, 0.5) is 0 Å². The van der Waals surface area contributed by atoms with Crippen LogP contribution in [-0.4, -0.2) is 65.7 Å². The fourth-order valence-electron chi connectivity index (χ4n) is 4.92. The molecule has 1 aromatic carbocycles. The Labute approximate surface area is 194 Å². The fourth-order valence-corrected chi connectivity index (χ4v) is 4.92. The summed E-state index contributed by atoms with van der Waals surface area (Å²) in [5.41, 5.74) is 2.22. The minimum absolute atomic E-state index is 0.0176. The average molecular weight is 445 g/mol. The Hall–Kier alpha value is -3.66. The first-order valence-corrected chi connectivity index (χ1v) is 11.2. The molecule has 2 atom stereocenters. The molecule has 1 N–H and O–H groups in total. The van der Waals surface area contributed by atoms with E-state index in [0.29, 0.717) is 32.5 Å². The van der Waals surface area contributed by atoms with Crippen LogP contribution < -0.4 is 5.32 Å². The largest absolute Gasteiger partial charge is 0.345 e. The van der Waals surface area contributed by atoms with Gasteiger partial charge in [-0.25, -0.2) is 0 Å². The second-order valence-electron chi connectivity index (χ2n) is 8.93. The molecule has 3 amide bonds. The molecule has 2 aromatic rings. The second kappa shape index (κ2) is 9.45. The van der Waals surface area contributed by atoms with Gasteiger partial charge >= 0.3 is 0 Å². The molecule has 2 aliphatic heterocycles. The summed E-state index contributed by atoms with van der Waals surface area (Å²) in [5, 5.41) is 2.85. The molecule has 2 saturated heterocycles. The Morgan fingerprint density at radius 3 is 2.79 bits per heavy atom. The van der Waals surface area contributed by atoms with Gasteiger partial charge in [-0.1, -0.05) is 36.3 Å². The molecule has 7 heteroatoms. The third-order valence-electron chi connectivity index (χ3n) is 6.71. The van der Waals surface area contributed by atoms with E-state index in [-0.39, 0.29) is 36.6 Å². The van der Waals surface area contributed by atoms with E-state index in [1.54, 1.807) is 23.0 Å². The van der Waals surface area contributed by atoms with E-state index in [1.165, 1.54) is 0 Å². The number of nitrogens with one attached hydrogen (secondary N) is 1. The maximum absolute atomic E-state index is 13.4. The van der Waals surface area contributed by atoms with Crippen molar-refractivity contribution in [2.75, 3.05) is 33.2 Å². The summed E-state index contributed by atoms with van der Waals surface area (Å²) >= 11 is 0. The minimum atomic E-state index is -0.792. The molecule has 2 fully saturated rings. The van der Waals surface area contributed by atoms with Crippen LogP contribution in [0.25, 0.3) is 11.1 Å². The fraction of sp³-hybridized carbons (Fsp3) is 0.385. The number of likely N-dealkylation sites (tertiary alicyclic amines) is 2. The highest BCUT2D eigenvalue weighted by Crippen LogP contribution is 2.38. The zero-order chi connectivity index (χ0) is 23.4. The van der Waals surface area contributed by atoms with Crippen LogP contribution in [-0.2, 0) is 20.8 Å². The van der Waals surface area contributed by atoms with Gasteiger partial charge in [0.15, 0.2) is 0 Å². The van der Waals surface area contributed by atoms with Crippen LogP contribution in [0.2, 0.25) is 0 Å². The van der Waals surface area contributed by atoms with Crippen molar-refractivity contribution in [2.45, 2.75) is 19.3 Å². The molecule has 33 heavy (non-hydrogen) atoms. The quantitative estimate of drug-likeness (QED) is 0.688. The molecule has 170 valence electrons. The monoisotopic (exact) mass is 444 g/mol. The van der Waals surface area contributed by atoms with Crippen LogP contribution in [0.3, 0.4) is 0 Å². The van der Waals surface area contributed by atoms with E-state index >= 15 is 0 Å². The van der Waals surface area contributed by atoms with E-state index in [4.69, 9.17) is 6.42 Å². The molecule has 1 aromatic heterocycles. The maximum atomic E-state index is 13.4. The highest BCUT2D eigenvalue weighted by molar-refractivity contribution is 5.91. The number of hydrogen-bond donors (Lipinski definition) is 1. The third-order valence-corrected chi connectivity index (χ3v) is 6.71. The van der Waals surface area contributed by atoms with Crippen LogP contribution in [0, 0.1) is 23.7 Å². The Morgan fingerprint density at radius 2 is 2.09 bits per heavy atom. The SMILES string of the molecule is C#CCNC(=O)[C@]1(Cc2ccccc2-c2cccnc2)CCN(C(=O)[C@@H]2CC(=O)N(C)C2)C1. The highest BCUT2D eigenvalue weighted by Gasteiger charge is 2.48. The second-order valence-corrected chi connectivity index (χ2v) is 8.93. The van der Waals surface area contributed by atoms with Gasteiger partial charge in [0.05, 0.1) is 17.9 Å². The van der Waals surface area contributed by atoms with Gasteiger partial charge in [0.25, 0.3) is 0 Å². The van der Waals surface area contributed by atoms with Gasteiger partial charge in [-0.15, -0.1) is 6.42 Å². The Morgan fingerprint density at radius 1 is 1.27 bits per heavy atom. The number of carbonyl (C=O) groups excluding carboxylic acids is 3. The predicted octanol–water partition coefficient (Wildman–Crippen LogP) is 1.74. The van der Waals surface area contributed by atoms with Gasteiger partial charge in [-0.05, 0) is 30.0 Å². The van der Waals surface area contributed by atoms with Crippen molar-refractivity contribution < 1.29 is 14.4 Å². The lowest BCUT2D eigenvalue weighted by molar-refractivity contribution is -0.136. The molecule has 0 bridgehead atoms. The van der Waals surface area contributed by atoms with Gasteiger partial charge in [0.2, 0.25) is 17.7 Å². The number of aromatic nitrogens is 1. The molecular weight excluding hydrogens is 416 g/mol. The predicted molar refractivity (Wildman–Crippen MR) is 125 cm³/mol. The summed E-state index contributed by atoms with van der Waals surface area (Å²) in [5.74, 6) is 1.90. The molecular formula is C26H28N4O3. The summed E-state index contributed by atoms with van der Waals surface area (Å²) < 4.78 is 0. The summed E-state index contributed by atoms with van der Waals surface area (Å²) in [4.78, 5) is 46.0. The summed E-state index contributed by atoms with van der Waals surface area (Å²) in [6.07, 6.45) is 10.2. The lowest BCUT2D eigenvalue weighted by atomic mass is 9.78. The number of carbonyl (C=O) groups is 3. The number of terminal acetylenes is 1. The highest BCUT2D eigenvalue weighted by atomic mass is 16.2. The van der Waals surface area contributed by atoms with E-state index in [9.17, 15) is 14.4 Å². The Balaban J connectivity index is 1.61. The van der Waals surface area contributed by atoms with Crippen LogP contribution in [0.1, 0.15) is 18.4 Å². The number of rotatable bonds is 6. The standard InChI is InChI=1S/C26H28N4O3/c1-3-11-28-25(33)26(10-13-30(18-26)24(32)21-14-23(31)29(2)17-21)15-19-7-4-5-9-22(19)20-8-6-12-27-16-20/h1,4-9,12,16,21H,10-11,13-15,17-18H2,2H3,(H,28,33)/t21-,26+/m1/s1. The smallest absolute Gasteiger partial charge is 0.229 e. The van der Waals surface area contributed by atoms with Crippen LogP contribution in [0.15, 0.2) is 48.8 Å². The molecule has 7 nitrogen and oxygen atoms in total. The molecule has 3 heterocycles. The van der Waals surface area contributed by atoms with Crippen molar-refractivity contribution in [1.29, 1.82) is 0 Å². The number of pyridine rings is 1. The van der Waals surface area contributed by atoms with Crippen molar-refractivity contribution in [1.82, 2.24) is 20.1 Å². The van der Waals surface area contributed by atoms with Gasteiger partial charge in [0.1, 0.15) is 0 Å². The molecule has 4 rings (SSSR count). The first-order chi connectivity index (χ1) is 15.9. The van der Waals surface area contributed by atoms with Crippen molar-refractivity contribution in [3.05, 3.63) is 54.4 Å².